The van der Waals surface area contributed by atoms with Crippen LogP contribution in [-0.2, 0) is 6.42 Å². The van der Waals surface area contributed by atoms with Crippen LogP contribution in [0.25, 0.3) is 10.9 Å². The van der Waals surface area contributed by atoms with Crippen LogP contribution in [0.2, 0.25) is 10.0 Å². The highest BCUT2D eigenvalue weighted by atomic mass is 35.5. The third-order valence-corrected chi connectivity index (χ3v) is 3.07. The zero-order chi connectivity index (χ0) is 12.6. The maximum atomic E-state index is 13.4. The second-order valence-electron chi connectivity index (χ2n) is 4.48. The minimum Gasteiger partial charge on any atom is -0.253 e. The number of fused-ring (bicyclic) bond motifs is 1. The lowest BCUT2D eigenvalue weighted by Crippen LogP contribution is -1.98. The molecule has 0 unspecified atom stereocenters. The van der Waals surface area contributed by atoms with Crippen molar-refractivity contribution in [3.8, 4) is 0 Å². The molecule has 0 atom stereocenters. The Hall–Kier alpha value is -0.860. The van der Waals surface area contributed by atoms with Gasteiger partial charge in [0, 0.05) is 17.1 Å². The fourth-order valence-corrected chi connectivity index (χ4v) is 2.19. The van der Waals surface area contributed by atoms with Crippen LogP contribution in [0.5, 0.6) is 0 Å². The molecule has 0 amide bonds. The van der Waals surface area contributed by atoms with Gasteiger partial charge >= 0.3 is 0 Å². The summed E-state index contributed by atoms with van der Waals surface area (Å²) in [5, 5.41) is 1.32. The first-order valence-corrected chi connectivity index (χ1v) is 6.17. The van der Waals surface area contributed by atoms with Crippen molar-refractivity contribution in [1.82, 2.24) is 4.98 Å². The van der Waals surface area contributed by atoms with E-state index in [1.165, 1.54) is 12.1 Å². The van der Waals surface area contributed by atoms with Gasteiger partial charge < -0.3 is 0 Å². The molecule has 1 nitrogen and oxygen atoms in total. The summed E-state index contributed by atoms with van der Waals surface area (Å²) in [7, 11) is 0. The number of aromatic nitrogens is 1. The first-order chi connectivity index (χ1) is 7.97. The smallest absolute Gasteiger partial charge is 0.143 e. The van der Waals surface area contributed by atoms with Gasteiger partial charge in [0.1, 0.15) is 5.82 Å². The first-order valence-electron chi connectivity index (χ1n) is 5.41. The SMILES string of the molecule is CC(C)Cc1cc(Cl)c2cc(Cl)c(F)cc2n1. The summed E-state index contributed by atoms with van der Waals surface area (Å²) in [6.07, 6.45) is 0.819. The topological polar surface area (TPSA) is 12.9 Å². The number of rotatable bonds is 2. The lowest BCUT2D eigenvalue weighted by Gasteiger charge is -2.08. The molecule has 1 aromatic carbocycles. The summed E-state index contributed by atoms with van der Waals surface area (Å²) in [5.74, 6) is 0.0117. The van der Waals surface area contributed by atoms with Crippen molar-refractivity contribution < 1.29 is 4.39 Å². The highest BCUT2D eigenvalue weighted by Crippen LogP contribution is 2.28. The van der Waals surface area contributed by atoms with Crippen molar-refractivity contribution in [2.75, 3.05) is 0 Å². The van der Waals surface area contributed by atoms with E-state index in [2.05, 4.69) is 18.8 Å². The molecule has 0 saturated heterocycles. The number of benzene rings is 1. The molecule has 17 heavy (non-hydrogen) atoms. The Morgan fingerprint density at radius 3 is 2.53 bits per heavy atom. The summed E-state index contributed by atoms with van der Waals surface area (Å²) in [4.78, 5) is 4.40. The van der Waals surface area contributed by atoms with Gasteiger partial charge in [-0.2, -0.15) is 0 Å². The molecule has 1 heterocycles. The number of halogens is 3. The lowest BCUT2D eigenvalue weighted by molar-refractivity contribution is 0.628. The molecular weight excluding hydrogens is 260 g/mol. The molecule has 1 aromatic heterocycles. The Balaban J connectivity index is 2.60. The van der Waals surface area contributed by atoms with Crippen molar-refractivity contribution in [1.29, 1.82) is 0 Å². The minimum atomic E-state index is -0.468. The van der Waals surface area contributed by atoms with Crippen molar-refractivity contribution in [3.05, 3.63) is 39.8 Å². The monoisotopic (exact) mass is 271 g/mol. The molecule has 2 aromatic rings. The van der Waals surface area contributed by atoms with Gasteiger partial charge in [0.05, 0.1) is 15.6 Å². The summed E-state index contributed by atoms with van der Waals surface area (Å²) in [5.41, 5.74) is 1.43. The zero-order valence-corrected chi connectivity index (χ0v) is 11.1. The molecule has 0 aliphatic heterocycles. The summed E-state index contributed by atoms with van der Waals surface area (Å²) in [6.45, 7) is 4.20. The van der Waals surface area contributed by atoms with Crippen molar-refractivity contribution in [2.24, 2.45) is 5.92 Å². The van der Waals surface area contributed by atoms with Crippen LogP contribution in [0.15, 0.2) is 18.2 Å². The Kier molecular flexibility index (Phi) is 3.55. The van der Waals surface area contributed by atoms with E-state index in [4.69, 9.17) is 23.2 Å². The van der Waals surface area contributed by atoms with Gasteiger partial charge in [-0.15, -0.1) is 0 Å². The molecule has 2 rings (SSSR count). The summed E-state index contributed by atoms with van der Waals surface area (Å²) in [6, 6.07) is 4.66. The van der Waals surface area contributed by atoms with Crippen LogP contribution in [0, 0.1) is 11.7 Å². The van der Waals surface area contributed by atoms with E-state index in [1.807, 2.05) is 6.07 Å². The quantitative estimate of drug-likeness (QED) is 0.759. The number of hydrogen-bond donors (Lipinski definition) is 0. The van der Waals surface area contributed by atoms with E-state index >= 15 is 0 Å². The Morgan fingerprint density at radius 1 is 1.18 bits per heavy atom. The third-order valence-electron chi connectivity index (χ3n) is 2.47. The van der Waals surface area contributed by atoms with Crippen LogP contribution < -0.4 is 0 Å². The molecule has 0 aliphatic carbocycles. The first kappa shape index (κ1) is 12.6. The zero-order valence-electron chi connectivity index (χ0n) is 9.60. The van der Waals surface area contributed by atoms with E-state index in [9.17, 15) is 4.39 Å². The molecular formula is C13H12Cl2FN. The average Bonchev–Trinajstić information content (AvgIpc) is 2.20. The molecule has 0 fully saturated rings. The average molecular weight is 272 g/mol. The molecule has 90 valence electrons. The predicted octanol–water partition coefficient (Wildman–Crippen LogP) is 4.88. The van der Waals surface area contributed by atoms with Crippen molar-refractivity contribution in [2.45, 2.75) is 20.3 Å². The highest BCUT2D eigenvalue weighted by Gasteiger charge is 2.09. The summed E-state index contributed by atoms with van der Waals surface area (Å²) >= 11 is 11.9. The highest BCUT2D eigenvalue weighted by molar-refractivity contribution is 6.36. The Bertz CT molecular complexity index is 567. The van der Waals surface area contributed by atoms with Crippen LogP contribution in [0.4, 0.5) is 4.39 Å². The van der Waals surface area contributed by atoms with Gasteiger partial charge in [-0.05, 0) is 24.5 Å². The van der Waals surface area contributed by atoms with Gasteiger partial charge in [0.25, 0.3) is 0 Å². The van der Waals surface area contributed by atoms with E-state index in [1.54, 1.807) is 0 Å². The van der Waals surface area contributed by atoms with E-state index in [0.29, 0.717) is 21.8 Å². The Labute approximate surface area is 110 Å². The third kappa shape index (κ3) is 2.70. The predicted molar refractivity (Wildman–Crippen MR) is 70.3 cm³/mol. The van der Waals surface area contributed by atoms with Crippen LogP contribution in [0.3, 0.4) is 0 Å². The maximum absolute atomic E-state index is 13.4. The molecule has 0 aliphatic rings. The van der Waals surface area contributed by atoms with Crippen molar-refractivity contribution in [3.63, 3.8) is 0 Å². The molecule has 0 radical (unpaired) electrons. The molecule has 4 heteroatoms. The van der Waals surface area contributed by atoms with Gasteiger partial charge in [-0.1, -0.05) is 37.0 Å². The fourth-order valence-electron chi connectivity index (χ4n) is 1.75. The normalized spacial score (nSPS) is 11.4. The standard InChI is InChI=1S/C13H12Cl2FN/c1-7(2)3-8-4-10(14)9-5-11(15)12(16)6-13(9)17-8/h4-7H,3H2,1-2H3. The summed E-state index contributed by atoms with van der Waals surface area (Å²) < 4.78 is 13.4. The van der Waals surface area contributed by atoms with Gasteiger partial charge in [-0.3, -0.25) is 4.98 Å². The van der Waals surface area contributed by atoms with E-state index < -0.39 is 5.82 Å². The second kappa shape index (κ2) is 4.79. The number of hydrogen-bond acceptors (Lipinski definition) is 1. The largest absolute Gasteiger partial charge is 0.253 e. The van der Waals surface area contributed by atoms with Crippen LogP contribution in [-0.4, -0.2) is 4.98 Å². The van der Waals surface area contributed by atoms with Gasteiger partial charge in [-0.25, -0.2) is 4.39 Å². The van der Waals surface area contributed by atoms with Gasteiger partial charge in [0.15, 0.2) is 0 Å². The van der Waals surface area contributed by atoms with E-state index in [0.717, 1.165) is 12.1 Å². The minimum absolute atomic E-state index is 0.0674. The fraction of sp³-hybridized carbons (Fsp3) is 0.308. The molecule has 0 saturated carbocycles. The molecule has 0 bridgehead atoms. The number of nitrogens with zero attached hydrogens (tertiary/aromatic N) is 1. The lowest BCUT2D eigenvalue weighted by atomic mass is 10.1. The Morgan fingerprint density at radius 2 is 1.88 bits per heavy atom. The number of pyridine rings is 1. The van der Waals surface area contributed by atoms with Crippen molar-refractivity contribution >= 4 is 34.1 Å². The molecule has 0 spiro atoms. The van der Waals surface area contributed by atoms with Gasteiger partial charge in [0.2, 0.25) is 0 Å². The second-order valence-corrected chi connectivity index (χ2v) is 5.29. The van der Waals surface area contributed by atoms with Crippen LogP contribution >= 0.6 is 23.2 Å². The van der Waals surface area contributed by atoms with Crippen LogP contribution in [0.1, 0.15) is 19.5 Å². The maximum Gasteiger partial charge on any atom is 0.143 e. The van der Waals surface area contributed by atoms with E-state index in [-0.39, 0.29) is 5.02 Å². The molecule has 0 N–H and O–H groups in total.